The fraction of sp³-hybridized carbons (Fsp3) is 0.562. The molecule has 3 heteroatoms. The van der Waals surface area contributed by atoms with Gasteiger partial charge in [-0.1, -0.05) is 24.3 Å². The van der Waals surface area contributed by atoms with Gasteiger partial charge in [0.15, 0.2) is 0 Å². The lowest BCUT2D eigenvalue weighted by Gasteiger charge is -2.53. The van der Waals surface area contributed by atoms with Crippen LogP contribution < -0.4 is 0 Å². The van der Waals surface area contributed by atoms with E-state index in [4.69, 9.17) is 4.74 Å². The van der Waals surface area contributed by atoms with Crippen molar-refractivity contribution in [1.29, 1.82) is 5.26 Å². The lowest BCUT2D eigenvalue weighted by atomic mass is 9.54. The molecule has 0 heterocycles. The number of aryl methyl sites for hydroxylation is 1. The van der Waals surface area contributed by atoms with Crippen LogP contribution >= 0.6 is 0 Å². The van der Waals surface area contributed by atoms with Crippen LogP contribution in [0.3, 0.4) is 0 Å². The number of hydrogen-bond acceptors (Lipinski definition) is 3. The van der Waals surface area contributed by atoms with Crippen LogP contribution in [0.25, 0.3) is 0 Å². The molecule has 0 spiro atoms. The van der Waals surface area contributed by atoms with Crippen LogP contribution in [0.15, 0.2) is 24.3 Å². The highest BCUT2D eigenvalue weighted by atomic mass is 16.5. The van der Waals surface area contributed by atoms with E-state index in [1.807, 2.05) is 18.2 Å². The van der Waals surface area contributed by atoms with E-state index in [-0.39, 0.29) is 6.10 Å². The lowest BCUT2D eigenvalue weighted by Crippen LogP contribution is -2.62. The van der Waals surface area contributed by atoms with Gasteiger partial charge in [0.2, 0.25) is 0 Å². The second-order valence-corrected chi connectivity index (χ2v) is 5.83. The van der Waals surface area contributed by atoms with Crippen molar-refractivity contribution in [3.05, 3.63) is 35.4 Å². The Morgan fingerprint density at radius 3 is 2.79 bits per heavy atom. The Labute approximate surface area is 113 Å². The van der Waals surface area contributed by atoms with Gasteiger partial charge in [-0.2, -0.15) is 5.26 Å². The predicted molar refractivity (Wildman–Crippen MR) is 71.7 cm³/mol. The Morgan fingerprint density at radius 1 is 1.37 bits per heavy atom. The van der Waals surface area contributed by atoms with Gasteiger partial charge in [-0.3, -0.25) is 0 Å². The van der Waals surface area contributed by atoms with Crippen LogP contribution in [0.2, 0.25) is 0 Å². The first-order valence-electron chi connectivity index (χ1n) is 6.90. The molecule has 1 atom stereocenters. The maximum atomic E-state index is 10.9. The number of nitriles is 1. The van der Waals surface area contributed by atoms with Gasteiger partial charge in [-0.05, 0) is 30.4 Å². The summed E-state index contributed by atoms with van der Waals surface area (Å²) in [5, 5.41) is 20.7. The van der Waals surface area contributed by atoms with E-state index in [2.05, 4.69) is 12.1 Å². The second-order valence-electron chi connectivity index (χ2n) is 5.83. The Morgan fingerprint density at radius 2 is 2.11 bits per heavy atom. The molecule has 1 aromatic carbocycles. The molecule has 19 heavy (non-hydrogen) atoms. The average molecular weight is 257 g/mol. The van der Waals surface area contributed by atoms with Crippen molar-refractivity contribution in [2.75, 3.05) is 7.11 Å². The minimum atomic E-state index is -0.932. The molecule has 1 aromatic rings. The minimum absolute atomic E-state index is 0.0873. The van der Waals surface area contributed by atoms with E-state index >= 15 is 0 Å². The van der Waals surface area contributed by atoms with Crippen molar-refractivity contribution in [2.45, 2.75) is 49.2 Å². The van der Waals surface area contributed by atoms with Crippen molar-refractivity contribution in [2.24, 2.45) is 0 Å². The maximum absolute atomic E-state index is 10.9. The second kappa shape index (κ2) is 4.33. The van der Waals surface area contributed by atoms with Crippen molar-refractivity contribution in [3.63, 3.8) is 0 Å². The van der Waals surface area contributed by atoms with Crippen LogP contribution in [-0.2, 0) is 16.6 Å². The molecule has 3 nitrogen and oxygen atoms in total. The van der Waals surface area contributed by atoms with Gasteiger partial charge in [0.1, 0.15) is 5.41 Å². The number of aliphatic hydroxyl groups is 1. The third kappa shape index (κ3) is 1.64. The number of methoxy groups -OCH3 is 1. The molecule has 2 aliphatic rings. The Balaban J connectivity index is 2.05. The quantitative estimate of drug-likeness (QED) is 0.884. The summed E-state index contributed by atoms with van der Waals surface area (Å²) in [6.07, 6.45) is 3.92. The average Bonchev–Trinajstić information content (AvgIpc) is 2.43. The largest absolute Gasteiger partial charge is 0.388 e. The molecular formula is C16H19NO2. The molecule has 1 N–H and O–H groups in total. The summed E-state index contributed by atoms with van der Waals surface area (Å²) in [5.41, 5.74) is 0.556. The molecular weight excluding hydrogens is 238 g/mol. The highest BCUT2D eigenvalue weighted by Gasteiger charge is 2.60. The zero-order chi connectivity index (χ0) is 13.5. The van der Waals surface area contributed by atoms with Crippen LogP contribution in [0.4, 0.5) is 0 Å². The van der Waals surface area contributed by atoms with Crippen LogP contribution in [0, 0.1) is 11.3 Å². The van der Waals surface area contributed by atoms with E-state index < -0.39 is 11.0 Å². The maximum Gasteiger partial charge on any atom is 0.111 e. The zero-order valence-electron chi connectivity index (χ0n) is 11.2. The highest BCUT2D eigenvalue weighted by molar-refractivity contribution is 5.46. The normalized spacial score (nSPS) is 37.0. The molecule has 0 amide bonds. The van der Waals surface area contributed by atoms with Gasteiger partial charge >= 0.3 is 0 Å². The minimum Gasteiger partial charge on any atom is -0.388 e. The summed E-state index contributed by atoms with van der Waals surface area (Å²) in [5.74, 6) is 0. The molecule has 0 aromatic heterocycles. The highest BCUT2D eigenvalue weighted by Crippen LogP contribution is 2.53. The summed E-state index contributed by atoms with van der Waals surface area (Å²) in [4.78, 5) is 0. The molecule has 0 bridgehead atoms. The third-order valence-corrected chi connectivity index (χ3v) is 4.92. The molecule has 0 aliphatic heterocycles. The molecule has 2 aliphatic carbocycles. The van der Waals surface area contributed by atoms with Crippen LogP contribution in [-0.4, -0.2) is 23.9 Å². The van der Waals surface area contributed by atoms with E-state index in [1.165, 1.54) is 5.56 Å². The molecule has 1 saturated carbocycles. The molecule has 100 valence electrons. The molecule has 0 saturated heterocycles. The molecule has 0 radical (unpaired) electrons. The van der Waals surface area contributed by atoms with Gasteiger partial charge < -0.3 is 9.84 Å². The van der Waals surface area contributed by atoms with Crippen LogP contribution in [0.1, 0.15) is 36.8 Å². The first-order chi connectivity index (χ1) is 9.15. The molecule has 1 fully saturated rings. The summed E-state index contributed by atoms with van der Waals surface area (Å²) in [6.45, 7) is 0. The lowest BCUT2D eigenvalue weighted by molar-refractivity contribution is -0.161. The fourth-order valence-electron chi connectivity index (χ4n) is 3.75. The van der Waals surface area contributed by atoms with E-state index in [0.717, 1.165) is 24.8 Å². The Kier molecular flexibility index (Phi) is 2.88. The number of benzene rings is 1. The van der Waals surface area contributed by atoms with Gasteiger partial charge in [0.25, 0.3) is 0 Å². The summed E-state index contributed by atoms with van der Waals surface area (Å²) in [6, 6.07) is 10.5. The number of hydrogen-bond donors (Lipinski definition) is 1. The van der Waals surface area contributed by atoms with E-state index in [0.29, 0.717) is 12.8 Å². The van der Waals surface area contributed by atoms with E-state index in [1.54, 1.807) is 7.11 Å². The van der Waals surface area contributed by atoms with Crippen molar-refractivity contribution < 1.29 is 9.84 Å². The zero-order valence-corrected chi connectivity index (χ0v) is 11.2. The molecule has 3 rings (SSSR count). The predicted octanol–water partition coefficient (Wildman–Crippen LogP) is 2.32. The van der Waals surface area contributed by atoms with E-state index in [9.17, 15) is 10.4 Å². The summed E-state index contributed by atoms with van der Waals surface area (Å²) < 4.78 is 5.28. The topological polar surface area (TPSA) is 53.2 Å². The van der Waals surface area contributed by atoms with Crippen LogP contribution in [0.5, 0.6) is 0 Å². The van der Waals surface area contributed by atoms with Gasteiger partial charge in [0.05, 0.1) is 17.8 Å². The first kappa shape index (κ1) is 12.7. The third-order valence-electron chi connectivity index (χ3n) is 4.92. The first-order valence-corrected chi connectivity index (χ1v) is 6.90. The SMILES string of the molecule is COC1CC(O)(C2(C#N)CCCc3ccccc32)C1. The number of nitrogens with zero attached hydrogens (tertiary/aromatic N) is 1. The van der Waals surface area contributed by atoms with Gasteiger partial charge in [-0.15, -0.1) is 0 Å². The monoisotopic (exact) mass is 257 g/mol. The van der Waals surface area contributed by atoms with Crippen molar-refractivity contribution >= 4 is 0 Å². The fourth-order valence-corrected chi connectivity index (χ4v) is 3.75. The van der Waals surface area contributed by atoms with Gasteiger partial charge in [0, 0.05) is 20.0 Å². The smallest absolute Gasteiger partial charge is 0.111 e. The number of fused-ring (bicyclic) bond motifs is 1. The standard InChI is InChI=1S/C16H19NO2/c1-19-13-9-16(18,10-13)15(11-17)8-4-6-12-5-2-3-7-14(12)15/h2-3,5,7,13,18H,4,6,8-10H2,1H3. The Hall–Kier alpha value is -1.37. The number of ether oxygens (including phenoxy) is 1. The molecule has 1 unspecified atom stereocenters. The van der Waals surface area contributed by atoms with Crippen molar-refractivity contribution in [3.8, 4) is 6.07 Å². The summed E-state index contributed by atoms with van der Waals surface area (Å²) >= 11 is 0. The van der Waals surface area contributed by atoms with Gasteiger partial charge in [-0.25, -0.2) is 0 Å². The summed E-state index contributed by atoms with van der Waals surface area (Å²) in [7, 11) is 1.66. The van der Waals surface area contributed by atoms with Crippen molar-refractivity contribution in [1.82, 2.24) is 0 Å². The number of rotatable bonds is 2. The Bertz CT molecular complexity index is 528.